The summed E-state index contributed by atoms with van der Waals surface area (Å²) in [4.78, 5) is 0. The summed E-state index contributed by atoms with van der Waals surface area (Å²) in [7, 11) is 1.63. The molecule has 3 atom stereocenters. The van der Waals surface area contributed by atoms with E-state index in [1.165, 1.54) is 0 Å². The molecular formula is C7H14O3. The molecule has 1 heterocycles. The quantitative estimate of drug-likeness (QED) is 0.612. The predicted molar refractivity (Wildman–Crippen MR) is 36.5 cm³/mol. The minimum Gasteiger partial charge on any atom is -0.394 e. The summed E-state index contributed by atoms with van der Waals surface area (Å²) in [6.45, 7) is 2.16. The highest BCUT2D eigenvalue weighted by Gasteiger charge is 2.31. The Morgan fingerprint density at radius 2 is 2.40 bits per heavy atom. The SMILES string of the molecule is COC1O[C@H](CO)C[C@@H]1C. The molecule has 3 heteroatoms. The minimum absolute atomic E-state index is 0.0139. The molecule has 0 amide bonds. The van der Waals surface area contributed by atoms with Gasteiger partial charge < -0.3 is 14.6 Å². The number of hydrogen-bond acceptors (Lipinski definition) is 3. The third-order valence-electron chi connectivity index (χ3n) is 1.86. The largest absolute Gasteiger partial charge is 0.394 e. The average molecular weight is 146 g/mol. The first-order chi connectivity index (χ1) is 4.77. The highest BCUT2D eigenvalue weighted by molar-refractivity contribution is 4.73. The minimum atomic E-state index is -0.114. The molecule has 0 aromatic rings. The lowest BCUT2D eigenvalue weighted by Gasteiger charge is -2.11. The summed E-state index contributed by atoms with van der Waals surface area (Å²) >= 11 is 0. The van der Waals surface area contributed by atoms with Crippen LogP contribution in [0.4, 0.5) is 0 Å². The molecular weight excluding hydrogens is 132 g/mol. The molecule has 3 nitrogen and oxygen atoms in total. The van der Waals surface area contributed by atoms with Crippen LogP contribution in [0.15, 0.2) is 0 Å². The van der Waals surface area contributed by atoms with Crippen molar-refractivity contribution in [3.63, 3.8) is 0 Å². The predicted octanol–water partition coefficient (Wildman–Crippen LogP) is 0.376. The number of methoxy groups -OCH3 is 1. The molecule has 0 spiro atoms. The van der Waals surface area contributed by atoms with Gasteiger partial charge in [-0.1, -0.05) is 6.92 Å². The fraction of sp³-hybridized carbons (Fsp3) is 1.00. The number of rotatable bonds is 2. The van der Waals surface area contributed by atoms with Crippen LogP contribution in [-0.2, 0) is 9.47 Å². The fourth-order valence-electron chi connectivity index (χ4n) is 1.31. The van der Waals surface area contributed by atoms with Gasteiger partial charge in [-0.25, -0.2) is 0 Å². The van der Waals surface area contributed by atoms with Gasteiger partial charge in [0.1, 0.15) is 0 Å². The van der Waals surface area contributed by atoms with Crippen LogP contribution in [0.25, 0.3) is 0 Å². The summed E-state index contributed by atoms with van der Waals surface area (Å²) < 4.78 is 10.3. The van der Waals surface area contributed by atoms with Gasteiger partial charge in [0.05, 0.1) is 12.7 Å². The summed E-state index contributed by atoms with van der Waals surface area (Å²) in [6.07, 6.45) is 0.770. The van der Waals surface area contributed by atoms with Crippen LogP contribution >= 0.6 is 0 Å². The van der Waals surface area contributed by atoms with Crippen molar-refractivity contribution in [1.29, 1.82) is 0 Å². The second kappa shape index (κ2) is 3.32. The van der Waals surface area contributed by atoms with E-state index in [2.05, 4.69) is 6.92 Å². The monoisotopic (exact) mass is 146 g/mol. The zero-order chi connectivity index (χ0) is 7.56. The second-order valence-corrected chi connectivity index (χ2v) is 2.76. The van der Waals surface area contributed by atoms with Crippen LogP contribution in [-0.4, -0.2) is 31.2 Å². The summed E-state index contributed by atoms with van der Waals surface area (Å²) in [5.41, 5.74) is 0. The van der Waals surface area contributed by atoms with Gasteiger partial charge in [-0.15, -0.1) is 0 Å². The van der Waals surface area contributed by atoms with Crippen molar-refractivity contribution < 1.29 is 14.6 Å². The third kappa shape index (κ3) is 1.48. The average Bonchev–Trinajstić information content (AvgIpc) is 2.30. The molecule has 0 bridgehead atoms. The van der Waals surface area contributed by atoms with Crippen molar-refractivity contribution in [2.75, 3.05) is 13.7 Å². The molecule has 10 heavy (non-hydrogen) atoms. The van der Waals surface area contributed by atoms with E-state index in [1.807, 2.05) is 0 Å². The Bertz CT molecular complexity index is 105. The summed E-state index contributed by atoms with van der Waals surface area (Å²) in [6, 6.07) is 0. The first kappa shape index (κ1) is 7.98. The second-order valence-electron chi connectivity index (χ2n) is 2.76. The van der Waals surface area contributed by atoms with E-state index in [1.54, 1.807) is 7.11 Å². The third-order valence-corrected chi connectivity index (χ3v) is 1.86. The van der Waals surface area contributed by atoms with Gasteiger partial charge in [0.15, 0.2) is 6.29 Å². The molecule has 1 rings (SSSR count). The lowest BCUT2D eigenvalue weighted by molar-refractivity contribution is -0.135. The molecule has 0 aromatic carbocycles. The summed E-state index contributed by atoms with van der Waals surface area (Å²) in [5.74, 6) is 0.405. The van der Waals surface area contributed by atoms with E-state index < -0.39 is 0 Å². The fourth-order valence-corrected chi connectivity index (χ4v) is 1.31. The first-order valence-electron chi connectivity index (χ1n) is 3.57. The van der Waals surface area contributed by atoms with Crippen molar-refractivity contribution in [3.05, 3.63) is 0 Å². The highest BCUT2D eigenvalue weighted by Crippen LogP contribution is 2.25. The molecule has 1 aliphatic heterocycles. The topological polar surface area (TPSA) is 38.7 Å². The van der Waals surface area contributed by atoms with Gasteiger partial charge in [0.2, 0.25) is 0 Å². The Balaban J connectivity index is 2.36. The van der Waals surface area contributed by atoms with E-state index in [4.69, 9.17) is 14.6 Å². The molecule has 0 saturated carbocycles. The van der Waals surface area contributed by atoms with Crippen molar-refractivity contribution in [1.82, 2.24) is 0 Å². The Morgan fingerprint density at radius 3 is 2.70 bits per heavy atom. The maximum Gasteiger partial charge on any atom is 0.160 e. The van der Waals surface area contributed by atoms with E-state index in [9.17, 15) is 0 Å². The highest BCUT2D eigenvalue weighted by atomic mass is 16.7. The Hall–Kier alpha value is -0.120. The van der Waals surface area contributed by atoms with Crippen molar-refractivity contribution >= 4 is 0 Å². The van der Waals surface area contributed by atoms with Crippen molar-refractivity contribution in [2.45, 2.75) is 25.7 Å². The zero-order valence-corrected chi connectivity index (χ0v) is 6.41. The molecule has 0 radical (unpaired) electrons. The smallest absolute Gasteiger partial charge is 0.160 e. The maximum absolute atomic E-state index is 8.72. The molecule has 60 valence electrons. The molecule has 1 saturated heterocycles. The van der Waals surface area contributed by atoms with Crippen molar-refractivity contribution in [3.8, 4) is 0 Å². The van der Waals surface area contributed by atoms with Crippen LogP contribution in [0.3, 0.4) is 0 Å². The van der Waals surface area contributed by atoms with E-state index in [-0.39, 0.29) is 19.0 Å². The van der Waals surface area contributed by atoms with Crippen LogP contribution in [0.5, 0.6) is 0 Å². The van der Waals surface area contributed by atoms with Crippen molar-refractivity contribution in [2.24, 2.45) is 5.92 Å². The van der Waals surface area contributed by atoms with E-state index in [0.717, 1.165) is 6.42 Å². The molecule has 0 aliphatic carbocycles. The normalized spacial score (nSPS) is 40.5. The number of hydrogen-bond donors (Lipinski definition) is 1. The van der Waals surface area contributed by atoms with Gasteiger partial charge >= 0.3 is 0 Å². The molecule has 0 aromatic heterocycles. The van der Waals surface area contributed by atoms with E-state index >= 15 is 0 Å². The molecule has 1 aliphatic rings. The van der Waals surface area contributed by atoms with Crippen LogP contribution in [0.1, 0.15) is 13.3 Å². The van der Waals surface area contributed by atoms with Gasteiger partial charge in [-0.05, 0) is 6.42 Å². The van der Waals surface area contributed by atoms with Crippen LogP contribution < -0.4 is 0 Å². The number of aliphatic hydroxyl groups excluding tert-OH is 1. The van der Waals surface area contributed by atoms with Gasteiger partial charge in [0, 0.05) is 13.0 Å². The molecule has 1 unspecified atom stereocenters. The van der Waals surface area contributed by atoms with Gasteiger partial charge in [-0.3, -0.25) is 0 Å². The Labute approximate surface area is 60.9 Å². The molecule has 1 N–H and O–H groups in total. The van der Waals surface area contributed by atoms with E-state index in [0.29, 0.717) is 5.92 Å². The number of aliphatic hydroxyl groups is 1. The molecule has 1 fully saturated rings. The number of ether oxygens (including phenoxy) is 2. The van der Waals surface area contributed by atoms with Gasteiger partial charge in [0.25, 0.3) is 0 Å². The lowest BCUT2D eigenvalue weighted by Crippen LogP contribution is -2.17. The first-order valence-corrected chi connectivity index (χ1v) is 3.57. The standard InChI is InChI=1S/C7H14O3/c1-5-3-6(4-8)10-7(5)9-2/h5-8H,3-4H2,1-2H3/t5-,6-,7?/m0/s1. The maximum atomic E-state index is 8.72. The lowest BCUT2D eigenvalue weighted by atomic mass is 10.1. The summed E-state index contributed by atoms with van der Waals surface area (Å²) in [5, 5.41) is 8.72. The van der Waals surface area contributed by atoms with Crippen LogP contribution in [0, 0.1) is 5.92 Å². The Morgan fingerprint density at radius 1 is 1.70 bits per heavy atom. The van der Waals surface area contributed by atoms with Crippen LogP contribution in [0.2, 0.25) is 0 Å². The van der Waals surface area contributed by atoms with Gasteiger partial charge in [-0.2, -0.15) is 0 Å². The Kier molecular flexibility index (Phi) is 2.65. The zero-order valence-electron chi connectivity index (χ0n) is 6.41.